The standard InChI is InChI=1S/C12H20N2O7.C12H19NO8.C12H21O8P.C11H20NO9P/c1-12(2,3)5-7(10(18)19)13-11(20)14-8(21-6-15)4-9(16)17;1-12(2,3)5-7(10(17)18)13-11(19)21-9(20-6-14)4-8(15)16;1-12(2,3)9(11(16)17)6-21(18,19)5-8(20-7-13)4-10(14)15;1-11(2,3)7(10(16)17)5-21-22(18,19)12-8(20-6-13)4-9(14)15/h6-8H,4-5H2,1-3H3,(H,16,17)(H,18,19)(H2,13,14,20);6-7,9H,4-5H2,1-3H3,(H,13,19)(H,15,16)(H,17,18);7-9H,4-6H2,1-3H3,(H,14,15)(H,16,17)(H,18,19);6-8H,4-5H2,1-3H3,(H,14,15)(H,16,17)(H2,12,18,19). The van der Waals surface area contributed by atoms with E-state index >= 15 is 0 Å². The fourth-order valence-corrected chi connectivity index (χ4v) is 9.43. The minimum absolute atomic E-state index is 0.00226. The quantitative estimate of drug-likeness (QED) is 0.0187. The van der Waals surface area contributed by atoms with E-state index in [9.17, 15) is 86.0 Å². The van der Waals surface area contributed by atoms with Crippen molar-refractivity contribution in [3.05, 3.63) is 0 Å². The molecule has 0 heterocycles. The summed E-state index contributed by atoms with van der Waals surface area (Å²) >= 11 is 0. The third kappa shape index (κ3) is 46.5. The number of carbonyl (C=O) groups is 14. The molecule has 0 aromatic carbocycles. The second-order valence-electron chi connectivity index (χ2n) is 22.5. The number of carboxylic acid groups (broad SMARTS) is 8. The maximum absolute atomic E-state index is 12.1. The highest BCUT2D eigenvalue weighted by Crippen LogP contribution is 2.47. The van der Waals surface area contributed by atoms with Crippen LogP contribution < -0.4 is 21.0 Å². The normalized spacial score (nSPS) is 15.5. The zero-order valence-corrected chi connectivity index (χ0v) is 50.4. The monoisotopic (exact) mass is 1270 g/mol. The lowest BCUT2D eigenvalue weighted by Crippen LogP contribution is -2.51. The molecule has 3 amide bonds. The van der Waals surface area contributed by atoms with E-state index in [2.05, 4.69) is 44.2 Å². The topological polar surface area (TPSA) is 579 Å². The van der Waals surface area contributed by atoms with Gasteiger partial charge in [0.25, 0.3) is 32.2 Å². The van der Waals surface area contributed by atoms with Crippen LogP contribution in [0.15, 0.2) is 0 Å². The molecule has 0 aliphatic rings. The molecule has 38 heteroatoms. The maximum atomic E-state index is 12.1. The molecule has 0 saturated carbocycles. The van der Waals surface area contributed by atoms with Gasteiger partial charge in [-0.15, -0.1) is 0 Å². The number of ether oxygens (including phenoxy) is 5. The van der Waals surface area contributed by atoms with E-state index in [-0.39, 0.29) is 49.6 Å². The average molecular weight is 1280 g/mol. The first-order valence-corrected chi connectivity index (χ1v) is 28.2. The molecule has 0 aromatic heterocycles. The summed E-state index contributed by atoms with van der Waals surface area (Å²) in [5.41, 5.74) is -2.17. The van der Waals surface area contributed by atoms with Gasteiger partial charge in [-0.05, 0) is 34.5 Å². The lowest BCUT2D eigenvalue weighted by molar-refractivity contribution is -0.162. The molecule has 490 valence electrons. The predicted molar refractivity (Wildman–Crippen MR) is 285 cm³/mol. The highest BCUT2D eigenvalue weighted by Gasteiger charge is 2.40. The number of carbonyl (C=O) groups excluding carboxylic acids is 6. The van der Waals surface area contributed by atoms with Gasteiger partial charge in [-0.3, -0.25) is 57.0 Å². The van der Waals surface area contributed by atoms with Crippen molar-refractivity contribution < 1.29 is 155 Å². The smallest absolute Gasteiger partial charge is 0.410 e. The summed E-state index contributed by atoms with van der Waals surface area (Å²) in [5, 5.41) is 78.8. The number of carboxylic acids is 8. The molecule has 0 spiro atoms. The second-order valence-corrected chi connectivity index (χ2v) is 26.5. The van der Waals surface area contributed by atoms with Crippen molar-refractivity contribution in [1.82, 2.24) is 21.0 Å². The van der Waals surface area contributed by atoms with Crippen molar-refractivity contribution in [3.63, 3.8) is 0 Å². The van der Waals surface area contributed by atoms with Gasteiger partial charge < -0.3 is 90.3 Å². The van der Waals surface area contributed by atoms with E-state index in [0.29, 0.717) is 0 Å². The van der Waals surface area contributed by atoms with Crippen LogP contribution in [-0.2, 0) is 94.9 Å². The Kier molecular flexibility index (Phi) is 38.7. The molecule has 14 N–H and O–H groups in total. The lowest BCUT2D eigenvalue weighted by atomic mass is 9.81. The summed E-state index contributed by atoms with van der Waals surface area (Å²) in [6.45, 7) is 19.8. The van der Waals surface area contributed by atoms with Crippen LogP contribution in [0.25, 0.3) is 0 Å². The number of hydrogen-bond donors (Lipinski definition) is 14. The van der Waals surface area contributed by atoms with Crippen LogP contribution in [0.4, 0.5) is 9.59 Å². The number of alkyl carbamates (subject to hydrolysis) is 1. The van der Waals surface area contributed by atoms with Crippen LogP contribution in [0.1, 0.15) is 122 Å². The fraction of sp³-hybridized carbons (Fsp3) is 0.702. The molecule has 0 aliphatic heterocycles. The molecule has 85 heavy (non-hydrogen) atoms. The lowest BCUT2D eigenvalue weighted by Gasteiger charge is -2.29. The molecule has 0 aliphatic carbocycles. The van der Waals surface area contributed by atoms with Crippen LogP contribution in [0.2, 0.25) is 0 Å². The van der Waals surface area contributed by atoms with Crippen LogP contribution in [-0.4, -0.2) is 192 Å². The first-order valence-electron chi connectivity index (χ1n) is 24.6. The van der Waals surface area contributed by atoms with Crippen molar-refractivity contribution in [3.8, 4) is 0 Å². The second kappa shape index (κ2) is 39.2. The molecule has 10 unspecified atom stereocenters. The van der Waals surface area contributed by atoms with Crippen LogP contribution in [0, 0.1) is 33.5 Å². The Hall–Kier alpha value is -7.52. The van der Waals surface area contributed by atoms with E-state index in [4.69, 9.17) is 40.9 Å². The molecule has 0 radical (unpaired) electrons. The van der Waals surface area contributed by atoms with Gasteiger partial charge in [0, 0.05) is 6.16 Å². The molecular formula is C47H80N4O32P2. The van der Waals surface area contributed by atoms with Crippen LogP contribution >= 0.6 is 15.1 Å². The Balaban J connectivity index is -0.000000515. The number of rotatable bonds is 35. The van der Waals surface area contributed by atoms with Crippen molar-refractivity contribution in [2.75, 3.05) is 18.9 Å². The molecule has 36 nitrogen and oxygen atoms in total. The van der Waals surface area contributed by atoms with Gasteiger partial charge in [-0.1, -0.05) is 83.1 Å². The Bertz CT molecular complexity index is 2270. The zero-order valence-electron chi connectivity index (χ0n) is 48.6. The van der Waals surface area contributed by atoms with Gasteiger partial charge in [-0.2, -0.15) is 5.09 Å². The third-order valence-electron chi connectivity index (χ3n) is 10.1. The largest absolute Gasteiger partial charge is 0.481 e. The van der Waals surface area contributed by atoms with Crippen molar-refractivity contribution >= 4 is 101 Å². The van der Waals surface area contributed by atoms with Crippen LogP contribution in [0.5, 0.6) is 0 Å². The molecule has 0 saturated heterocycles. The predicted octanol–water partition coefficient (Wildman–Crippen LogP) is 2.16. The van der Waals surface area contributed by atoms with Gasteiger partial charge in [0.1, 0.15) is 31.0 Å². The Morgan fingerprint density at radius 2 is 0.859 bits per heavy atom. The van der Waals surface area contributed by atoms with E-state index in [1.165, 1.54) is 0 Å². The van der Waals surface area contributed by atoms with Gasteiger partial charge >= 0.3 is 67.6 Å². The van der Waals surface area contributed by atoms with E-state index in [1.807, 2.05) is 25.9 Å². The number of urea groups is 1. The zero-order chi connectivity index (χ0) is 67.7. The third-order valence-corrected chi connectivity index (χ3v) is 13.1. The Labute approximate surface area is 487 Å². The average Bonchev–Trinajstić information content (AvgIpc) is 3.30. The van der Waals surface area contributed by atoms with Crippen molar-refractivity contribution in [2.45, 2.75) is 159 Å². The van der Waals surface area contributed by atoms with Gasteiger partial charge in [0.2, 0.25) is 7.37 Å². The molecule has 10 atom stereocenters. The van der Waals surface area contributed by atoms with Gasteiger partial charge in [-0.25, -0.2) is 23.7 Å². The molecule has 0 fully saturated rings. The Morgan fingerprint density at radius 1 is 0.471 bits per heavy atom. The summed E-state index contributed by atoms with van der Waals surface area (Å²) in [4.78, 5) is 170. The number of hydrogen-bond acceptors (Lipinski definition) is 22. The Morgan fingerprint density at radius 3 is 1.21 bits per heavy atom. The van der Waals surface area contributed by atoms with E-state index in [1.54, 1.807) is 62.3 Å². The van der Waals surface area contributed by atoms with E-state index in [0.717, 1.165) is 0 Å². The molecule has 0 aromatic rings. The first-order chi connectivity index (χ1) is 38.4. The van der Waals surface area contributed by atoms with Crippen molar-refractivity contribution in [1.29, 1.82) is 0 Å². The summed E-state index contributed by atoms with van der Waals surface area (Å²) < 4.78 is 50.6. The highest BCUT2D eigenvalue weighted by atomic mass is 31.2. The SMILES string of the molecule is CC(C)(C)C(COP(=O)(O)NC(CC(=O)O)OC=O)C(=O)O.CC(C)(C)C(CP(=O)(O)CC(CC(=O)O)OC=O)C(=O)O.CC(C)(C)CC(NC(=O)NC(CC(=O)O)OC=O)C(=O)O.CC(C)(C)CC(NC(=O)OC(CC(=O)O)OC=O)C(=O)O. The minimum atomic E-state index is -4.56. The van der Waals surface area contributed by atoms with Gasteiger partial charge in [0.15, 0.2) is 12.5 Å². The van der Waals surface area contributed by atoms with E-state index < -0.39 is 179 Å². The minimum Gasteiger partial charge on any atom is -0.481 e. The summed E-state index contributed by atoms with van der Waals surface area (Å²) in [6, 6.07) is -3.29. The number of aliphatic carboxylic acids is 8. The summed E-state index contributed by atoms with van der Waals surface area (Å²) in [6.07, 6.45) is -10.6. The summed E-state index contributed by atoms with van der Waals surface area (Å²) in [5.74, 6) is -12.3. The molecule has 0 bridgehead atoms. The number of amides is 3. The summed E-state index contributed by atoms with van der Waals surface area (Å²) in [7, 11) is -8.53. The first kappa shape index (κ1) is 83.9. The highest BCUT2D eigenvalue weighted by molar-refractivity contribution is 7.58. The fourth-order valence-electron chi connectivity index (χ4n) is 6.21. The van der Waals surface area contributed by atoms with Crippen LogP contribution in [0.3, 0.4) is 0 Å². The molecule has 0 rings (SSSR count). The maximum Gasteiger partial charge on any atom is 0.410 e. The van der Waals surface area contributed by atoms with Crippen molar-refractivity contribution in [2.24, 2.45) is 33.5 Å². The number of nitrogens with one attached hydrogen (secondary N) is 4. The molecular weight excluding hydrogens is 1190 g/mol. The van der Waals surface area contributed by atoms with Gasteiger partial charge in [0.05, 0.1) is 37.4 Å².